The molecule has 0 amide bonds. The predicted octanol–water partition coefficient (Wildman–Crippen LogP) is 3.83. The van der Waals surface area contributed by atoms with Gasteiger partial charge in [0.25, 0.3) is 0 Å². The molecule has 1 N–H and O–H groups in total. The molecule has 0 bridgehead atoms. The molecule has 0 radical (unpaired) electrons. The lowest BCUT2D eigenvalue weighted by molar-refractivity contribution is 0.0168. The summed E-state index contributed by atoms with van der Waals surface area (Å²) in [6.07, 6.45) is 1.02. The molecule has 1 aromatic carbocycles. The third-order valence-electron chi connectivity index (χ3n) is 4.47. The summed E-state index contributed by atoms with van der Waals surface area (Å²) in [6, 6.07) is 4.90. The molecule has 0 saturated carbocycles. The van der Waals surface area contributed by atoms with Crippen LogP contribution in [0, 0.1) is 5.82 Å². The lowest BCUT2D eigenvalue weighted by atomic mass is 9.87. The van der Waals surface area contributed by atoms with Gasteiger partial charge in [-0.05, 0) is 39.3 Å². The summed E-state index contributed by atoms with van der Waals surface area (Å²) in [5.74, 6) is -0.215. The molecule has 20 heavy (non-hydrogen) atoms. The molecular weight excluding hydrogens is 275 g/mol. The van der Waals surface area contributed by atoms with Gasteiger partial charge in [0.1, 0.15) is 5.82 Å². The minimum Gasteiger partial charge on any atom is -0.309 e. The lowest BCUT2D eigenvalue weighted by Gasteiger charge is -2.51. The highest BCUT2D eigenvalue weighted by molar-refractivity contribution is 6.31. The van der Waals surface area contributed by atoms with E-state index in [1.54, 1.807) is 12.1 Å². The lowest BCUT2D eigenvalue weighted by Crippen LogP contribution is -2.66. The van der Waals surface area contributed by atoms with Crippen molar-refractivity contribution in [1.29, 1.82) is 0 Å². The van der Waals surface area contributed by atoms with Gasteiger partial charge in [0, 0.05) is 41.3 Å². The Hall–Kier alpha value is -0.640. The average molecular weight is 299 g/mol. The molecular formula is C16H24ClFN2. The Labute approximate surface area is 126 Å². The molecule has 2 nitrogen and oxygen atoms in total. The zero-order valence-electron chi connectivity index (χ0n) is 12.8. The first-order valence-electron chi connectivity index (χ1n) is 7.20. The van der Waals surface area contributed by atoms with E-state index in [0.717, 1.165) is 19.5 Å². The SMILES string of the molecule is CCC1(C)CNC(C)(C)CN1Cc1c(F)cccc1Cl. The molecule has 1 fully saturated rings. The number of nitrogens with zero attached hydrogens (tertiary/aromatic N) is 1. The van der Waals surface area contributed by atoms with Crippen molar-refractivity contribution in [2.45, 2.75) is 51.7 Å². The second kappa shape index (κ2) is 5.63. The third kappa shape index (κ3) is 3.16. The van der Waals surface area contributed by atoms with Crippen LogP contribution in [0.5, 0.6) is 0 Å². The smallest absolute Gasteiger partial charge is 0.129 e. The molecule has 1 aliphatic rings. The molecule has 1 atom stereocenters. The van der Waals surface area contributed by atoms with E-state index in [-0.39, 0.29) is 16.9 Å². The fourth-order valence-electron chi connectivity index (χ4n) is 2.74. The monoisotopic (exact) mass is 298 g/mol. The van der Waals surface area contributed by atoms with Crippen molar-refractivity contribution in [3.8, 4) is 0 Å². The fourth-order valence-corrected chi connectivity index (χ4v) is 2.96. The Morgan fingerprint density at radius 2 is 2.05 bits per heavy atom. The van der Waals surface area contributed by atoms with Crippen LogP contribution in [0.3, 0.4) is 0 Å². The molecule has 2 rings (SSSR count). The molecule has 4 heteroatoms. The van der Waals surface area contributed by atoms with E-state index in [1.807, 2.05) is 0 Å². The summed E-state index contributed by atoms with van der Waals surface area (Å²) in [5, 5.41) is 4.09. The maximum atomic E-state index is 14.0. The predicted molar refractivity (Wildman–Crippen MR) is 82.6 cm³/mol. The number of rotatable bonds is 3. The molecule has 1 unspecified atom stereocenters. The van der Waals surface area contributed by atoms with Gasteiger partial charge >= 0.3 is 0 Å². The Kier molecular flexibility index (Phi) is 4.43. The zero-order valence-corrected chi connectivity index (χ0v) is 13.5. The largest absolute Gasteiger partial charge is 0.309 e. The molecule has 112 valence electrons. The molecule has 1 heterocycles. The maximum Gasteiger partial charge on any atom is 0.129 e. The van der Waals surface area contributed by atoms with E-state index in [1.165, 1.54) is 6.07 Å². The van der Waals surface area contributed by atoms with Gasteiger partial charge < -0.3 is 5.32 Å². The van der Waals surface area contributed by atoms with Crippen LogP contribution in [0.4, 0.5) is 4.39 Å². The van der Waals surface area contributed by atoms with Gasteiger partial charge in [-0.3, -0.25) is 4.90 Å². The third-order valence-corrected chi connectivity index (χ3v) is 4.82. The summed E-state index contributed by atoms with van der Waals surface area (Å²) < 4.78 is 14.0. The van der Waals surface area contributed by atoms with Gasteiger partial charge in [-0.2, -0.15) is 0 Å². The maximum absolute atomic E-state index is 14.0. The van der Waals surface area contributed by atoms with Crippen molar-refractivity contribution < 1.29 is 4.39 Å². The Bertz CT molecular complexity index is 469. The number of benzene rings is 1. The summed E-state index contributed by atoms with van der Waals surface area (Å²) in [5.41, 5.74) is 0.666. The highest BCUT2D eigenvalue weighted by Gasteiger charge is 2.39. The standard InChI is InChI=1S/C16H24ClFN2/c1-5-16(4)10-19-15(2,3)11-20(16)9-12-13(17)7-6-8-14(12)18/h6-8,19H,5,9-11H2,1-4H3. The normalized spacial score (nSPS) is 26.7. The van der Waals surface area contributed by atoms with Crippen LogP contribution in [0.1, 0.15) is 39.7 Å². The van der Waals surface area contributed by atoms with Gasteiger partial charge in [-0.25, -0.2) is 4.39 Å². The van der Waals surface area contributed by atoms with E-state index in [4.69, 9.17) is 11.6 Å². The molecule has 0 aromatic heterocycles. The molecule has 1 saturated heterocycles. The second-order valence-electron chi connectivity index (χ2n) is 6.64. The summed E-state index contributed by atoms with van der Waals surface area (Å²) in [4.78, 5) is 2.35. The van der Waals surface area contributed by atoms with Crippen LogP contribution in [0.15, 0.2) is 18.2 Å². The number of piperazine rings is 1. The van der Waals surface area contributed by atoms with E-state index >= 15 is 0 Å². The first-order chi connectivity index (χ1) is 9.27. The second-order valence-corrected chi connectivity index (χ2v) is 7.05. The summed E-state index contributed by atoms with van der Waals surface area (Å²) in [6.45, 7) is 11.1. The number of hydrogen-bond donors (Lipinski definition) is 1. The van der Waals surface area contributed by atoms with Crippen molar-refractivity contribution in [2.24, 2.45) is 0 Å². The summed E-state index contributed by atoms with van der Waals surface area (Å²) in [7, 11) is 0. The Morgan fingerprint density at radius 3 is 2.65 bits per heavy atom. The fraction of sp³-hybridized carbons (Fsp3) is 0.625. The topological polar surface area (TPSA) is 15.3 Å². The van der Waals surface area contributed by atoms with Gasteiger partial charge in [0.05, 0.1) is 0 Å². The van der Waals surface area contributed by atoms with E-state index in [2.05, 4.69) is 37.9 Å². The first kappa shape index (κ1) is 15.7. The molecule has 0 spiro atoms. The van der Waals surface area contributed by atoms with Crippen molar-refractivity contribution in [2.75, 3.05) is 13.1 Å². The van der Waals surface area contributed by atoms with E-state index in [0.29, 0.717) is 17.1 Å². The van der Waals surface area contributed by atoms with Crippen LogP contribution < -0.4 is 5.32 Å². The van der Waals surface area contributed by atoms with Crippen LogP contribution in [-0.2, 0) is 6.54 Å². The minimum atomic E-state index is -0.215. The van der Waals surface area contributed by atoms with Gasteiger partial charge in [0.2, 0.25) is 0 Å². The van der Waals surface area contributed by atoms with Crippen LogP contribution in [0.2, 0.25) is 5.02 Å². The highest BCUT2D eigenvalue weighted by atomic mass is 35.5. The number of halogens is 2. The van der Waals surface area contributed by atoms with Crippen molar-refractivity contribution >= 4 is 11.6 Å². The quantitative estimate of drug-likeness (QED) is 0.912. The Balaban J connectivity index is 2.28. The van der Waals surface area contributed by atoms with E-state index < -0.39 is 0 Å². The van der Waals surface area contributed by atoms with Gasteiger partial charge in [0.15, 0.2) is 0 Å². The van der Waals surface area contributed by atoms with Crippen molar-refractivity contribution in [1.82, 2.24) is 10.2 Å². The Morgan fingerprint density at radius 1 is 1.35 bits per heavy atom. The number of nitrogens with one attached hydrogen (secondary N) is 1. The molecule has 1 aromatic rings. The minimum absolute atomic E-state index is 0.0289. The first-order valence-corrected chi connectivity index (χ1v) is 7.58. The van der Waals surface area contributed by atoms with Crippen LogP contribution in [-0.4, -0.2) is 29.1 Å². The van der Waals surface area contributed by atoms with Crippen LogP contribution in [0.25, 0.3) is 0 Å². The molecule has 1 aliphatic heterocycles. The van der Waals surface area contributed by atoms with E-state index in [9.17, 15) is 4.39 Å². The average Bonchev–Trinajstić information content (AvgIpc) is 2.38. The highest BCUT2D eigenvalue weighted by Crippen LogP contribution is 2.30. The summed E-state index contributed by atoms with van der Waals surface area (Å²) >= 11 is 6.17. The molecule has 0 aliphatic carbocycles. The number of hydrogen-bond acceptors (Lipinski definition) is 2. The van der Waals surface area contributed by atoms with Gasteiger partial charge in [-0.1, -0.05) is 24.6 Å². The van der Waals surface area contributed by atoms with Crippen molar-refractivity contribution in [3.63, 3.8) is 0 Å². The van der Waals surface area contributed by atoms with Crippen LogP contribution >= 0.6 is 11.6 Å². The van der Waals surface area contributed by atoms with Gasteiger partial charge in [-0.15, -0.1) is 0 Å². The zero-order chi connectivity index (χ0) is 15.0. The van der Waals surface area contributed by atoms with Crippen molar-refractivity contribution in [3.05, 3.63) is 34.6 Å².